The Hall–Kier alpha value is -1.49. The fourth-order valence-corrected chi connectivity index (χ4v) is 2.07. The number of hydrogen-bond donors (Lipinski definition) is 0. The van der Waals surface area contributed by atoms with Gasteiger partial charge in [0.25, 0.3) is 0 Å². The lowest BCUT2D eigenvalue weighted by Crippen LogP contribution is -2.27. The molecule has 0 spiro atoms. The first kappa shape index (κ1) is 13.9. The maximum atomic E-state index is 13.0. The molecule has 0 radical (unpaired) electrons. The van der Waals surface area contributed by atoms with E-state index in [-0.39, 0.29) is 12.2 Å². The molecule has 0 saturated heterocycles. The van der Waals surface area contributed by atoms with Gasteiger partial charge in [0, 0.05) is 22.6 Å². The van der Waals surface area contributed by atoms with Crippen LogP contribution < -0.4 is 4.90 Å². The standard InChI is InChI=1S/C13H12ClF3N2/c1-8-5-12(11(6-18-8)13(15,16)17)19-7-10(14)4-3-9(19)2/h3-6H,7H2,1-2H3. The minimum absolute atomic E-state index is 0.0833. The van der Waals surface area contributed by atoms with Gasteiger partial charge >= 0.3 is 6.18 Å². The zero-order chi connectivity index (χ0) is 14.2. The largest absolute Gasteiger partial charge is 0.419 e. The topological polar surface area (TPSA) is 16.1 Å². The summed E-state index contributed by atoms with van der Waals surface area (Å²) in [5.41, 5.74) is 0.569. The minimum atomic E-state index is -4.44. The summed E-state index contributed by atoms with van der Waals surface area (Å²) in [6.07, 6.45) is -0.190. The Kier molecular flexibility index (Phi) is 3.58. The highest BCUT2D eigenvalue weighted by Gasteiger charge is 2.36. The maximum Gasteiger partial charge on any atom is 0.419 e. The highest BCUT2D eigenvalue weighted by Crippen LogP contribution is 2.38. The van der Waals surface area contributed by atoms with Crippen LogP contribution in [0.3, 0.4) is 0 Å². The monoisotopic (exact) mass is 288 g/mol. The van der Waals surface area contributed by atoms with Crippen molar-refractivity contribution in [2.24, 2.45) is 0 Å². The molecule has 1 aliphatic heterocycles. The van der Waals surface area contributed by atoms with Crippen molar-refractivity contribution < 1.29 is 13.2 Å². The summed E-state index contributed by atoms with van der Waals surface area (Å²) in [5.74, 6) is 0. The number of aryl methyl sites for hydroxylation is 1. The number of anilines is 1. The third-order valence-corrected chi connectivity index (χ3v) is 3.10. The van der Waals surface area contributed by atoms with Crippen LogP contribution in [-0.2, 0) is 6.18 Å². The Morgan fingerprint density at radius 1 is 1.26 bits per heavy atom. The number of hydrogen-bond acceptors (Lipinski definition) is 2. The van der Waals surface area contributed by atoms with E-state index in [9.17, 15) is 13.2 Å². The predicted octanol–water partition coefficient (Wildman–Crippen LogP) is 4.26. The second-order valence-corrected chi connectivity index (χ2v) is 4.83. The number of pyridine rings is 1. The molecule has 1 aromatic heterocycles. The average molecular weight is 289 g/mol. The van der Waals surface area contributed by atoms with E-state index >= 15 is 0 Å². The summed E-state index contributed by atoms with van der Waals surface area (Å²) in [6, 6.07) is 1.43. The van der Waals surface area contributed by atoms with Gasteiger partial charge in [0.1, 0.15) is 0 Å². The van der Waals surface area contributed by atoms with Crippen LogP contribution in [0.2, 0.25) is 0 Å². The summed E-state index contributed by atoms with van der Waals surface area (Å²) >= 11 is 5.91. The molecule has 102 valence electrons. The van der Waals surface area contributed by atoms with Crippen LogP contribution in [0.25, 0.3) is 0 Å². The predicted molar refractivity (Wildman–Crippen MR) is 69.0 cm³/mol. The summed E-state index contributed by atoms with van der Waals surface area (Å²) in [7, 11) is 0. The van der Waals surface area contributed by atoms with Gasteiger partial charge < -0.3 is 4.90 Å². The Balaban J connectivity index is 2.53. The van der Waals surface area contributed by atoms with E-state index in [1.54, 1.807) is 30.9 Å². The Morgan fingerprint density at radius 2 is 1.95 bits per heavy atom. The lowest BCUT2D eigenvalue weighted by Gasteiger charge is -2.30. The molecule has 2 heterocycles. The van der Waals surface area contributed by atoms with Crippen molar-refractivity contribution in [2.45, 2.75) is 20.0 Å². The normalized spacial score (nSPS) is 16.2. The van der Waals surface area contributed by atoms with Crippen LogP contribution in [0.5, 0.6) is 0 Å². The molecule has 0 amide bonds. The molecule has 19 heavy (non-hydrogen) atoms. The van der Waals surface area contributed by atoms with Crippen LogP contribution >= 0.6 is 11.6 Å². The lowest BCUT2D eigenvalue weighted by atomic mass is 10.1. The SMILES string of the molecule is CC1=CC=C(Cl)CN1c1cc(C)ncc1C(F)(F)F. The van der Waals surface area contributed by atoms with E-state index in [0.717, 1.165) is 6.20 Å². The van der Waals surface area contributed by atoms with E-state index < -0.39 is 11.7 Å². The van der Waals surface area contributed by atoms with Crippen LogP contribution in [0.1, 0.15) is 18.2 Å². The number of rotatable bonds is 1. The van der Waals surface area contributed by atoms with Crippen molar-refractivity contribution in [3.63, 3.8) is 0 Å². The molecule has 0 atom stereocenters. The molecular formula is C13H12ClF3N2. The molecule has 0 aliphatic carbocycles. The summed E-state index contributed by atoms with van der Waals surface area (Å²) in [6.45, 7) is 3.64. The smallest absolute Gasteiger partial charge is 0.339 e. The molecule has 0 N–H and O–H groups in total. The number of nitrogens with zero attached hydrogens (tertiary/aromatic N) is 2. The van der Waals surface area contributed by atoms with Gasteiger partial charge in [-0.2, -0.15) is 13.2 Å². The Bertz CT molecular complexity index is 561. The maximum absolute atomic E-state index is 13.0. The highest BCUT2D eigenvalue weighted by atomic mass is 35.5. The van der Waals surface area contributed by atoms with Gasteiger partial charge in [0.05, 0.1) is 17.8 Å². The van der Waals surface area contributed by atoms with Crippen molar-refractivity contribution in [3.8, 4) is 0 Å². The van der Waals surface area contributed by atoms with Crippen molar-refractivity contribution in [1.29, 1.82) is 0 Å². The van der Waals surface area contributed by atoms with Crippen molar-refractivity contribution >= 4 is 17.3 Å². The fraction of sp³-hybridized carbons (Fsp3) is 0.308. The van der Waals surface area contributed by atoms with Gasteiger partial charge in [0.15, 0.2) is 0 Å². The van der Waals surface area contributed by atoms with Crippen molar-refractivity contribution in [2.75, 3.05) is 11.4 Å². The van der Waals surface area contributed by atoms with E-state index in [0.29, 0.717) is 16.4 Å². The van der Waals surface area contributed by atoms with Gasteiger partial charge in [-0.3, -0.25) is 4.98 Å². The summed E-state index contributed by atoms with van der Waals surface area (Å²) in [5, 5.41) is 0.494. The second-order valence-electron chi connectivity index (χ2n) is 4.35. The molecule has 1 aromatic rings. The fourth-order valence-electron chi connectivity index (χ4n) is 1.89. The molecule has 6 heteroatoms. The van der Waals surface area contributed by atoms with Crippen LogP contribution in [0.15, 0.2) is 35.1 Å². The Morgan fingerprint density at radius 3 is 2.58 bits per heavy atom. The molecule has 0 fully saturated rings. The average Bonchev–Trinajstić information content (AvgIpc) is 2.30. The molecule has 1 aliphatic rings. The quantitative estimate of drug-likeness (QED) is 0.768. The zero-order valence-corrected chi connectivity index (χ0v) is 11.2. The highest BCUT2D eigenvalue weighted by molar-refractivity contribution is 6.30. The minimum Gasteiger partial charge on any atom is -0.339 e. The first-order valence-electron chi connectivity index (χ1n) is 5.63. The molecule has 0 bridgehead atoms. The van der Waals surface area contributed by atoms with Crippen LogP contribution in [0.4, 0.5) is 18.9 Å². The van der Waals surface area contributed by atoms with E-state index in [2.05, 4.69) is 4.98 Å². The molecule has 2 rings (SSSR count). The summed E-state index contributed by atoms with van der Waals surface area (Å²) in [4.78, 5) is 5.27. The van der Waals surface area contributed by atoms with Gasteiger partial charge in [-0.1, -0.05) is 11.6 Å². The molecule has 0 saturated carbocycles. The van der Waals surface area contributed by atoms with Crippen molar-refractivity contribution in [1.82, 2.24) is 4.98 Å². The zero-order valence-electron chi connectivity index (χ0n) is 10.4. The van der Waals surface area contributed by atoms with Gasteiger partial charge in [-0.05, 0) is 32.1 Å². The van der Waals surface area contributed by atoms with Crippen LogP contribution in [-0.4, -0.2) is 11.5 Å². The lowest BCUT2D eigenvalue weighted by molar-refractivity contribution is -0.137. The van der Waals surface area contributed by atoms with E-state index in [1.165, 1.54) is 6.07 Å². The first-order valence-corrected chi connectivity index (χ1v) is 6.01. The first-order chi connectivity index (χ1) is 8.79. The Labute approximate surface area is 114 Å². The second kappa shape index (κ2) is 4.89. The van der Waals surface area contributed by atoms with E-state index in [1.807, 2.05) is 0 Å². The third-order valence-electron chi connectivity index (χ3n) is 2.86. The molecule has 0 aromatic carbocycles. The van der Waals surface area contributed by atoms with Crippen molar-refractivity contribution in [3.05, 3.63) is 46.4 Å². The van der Waals surface area contributed by atoms with Gasteiger partial charge in [-0.25, -0.2) is 0 Å². The van der Waals surface area contributed by atoms with Gasteiger partial charge in [0.2, 0.25) is 0 Å². The number of aromatic nitrogens is 1. The number of alkyl halides is 3. The third kappa shape index (κ3) is 2.92. The molecular weight excluding hydrogens is 277 g/mol. The van der Waals surface area contributed by atoms with Crippen LogP contribution in [0, 0.1) is 6.92 Å². The van der Waals surface area contributed by atoms with Gasteiger partial charge in [-0.15, -0.1) is 0 Å². The number of halogens is 4. The summed E-state index contributed by atoms with van der Waals surface area (Å²) < 4.78 is 39.1. The van der Waals surface area contributed by atoms with E-state index in [4.69, 9.17) is 11.6 Å². The number of allylic oxidation sites excluding steroid dienone is 3. The molecule has 2 nitrogen and oxygen atoms in total. The molecule has 0 unspecified atom stereocenters.